The van der Waals surface area contributed by atoms with E-state index >= 15 is 0 Å². The zero-order valence-corrected chi connectivity index (χ0v) is 14.5. The predicted octanol–water partition coefficient (Wildman–Crippen LogP) is 4.20. The Hall–Kier alpha value is -1.22. The van der Waals surface area contributed by atoms with E-state index in [1.165, 1.54) is 62.7 Å². The maximum Gasteiger partial charge on any atom is 0.161 e. The topological polar surface area (TPSA) is 21.7 Å². The number of nitrogens with zero attached hydrogens (tertiary/aromatic N) is 1. The van der Waals surface area contributed by atoms with Crippen molar-refractivity contribution in [3.05, 3.63) is 23.3 Å². The third kappa shape index (κ3) is 2.73. The molecule has 1 saturated carbocycles. The van der Waals surface area contributed by atoms with Crippen molar-refractivity contribution in [1.82, 2.24) is 4.90 Å². The van der Waals surface area contributed by atoms with Crippen LogP contribution in [0.5, 0.6) is 11.5 Å². The van der Waals surface area contributed by atoms with Crippen LogP contribution < -0.4 is 9.47 Å². The molecule has 1 aromatic rings. The van der Waals surface area contributed by atoms with E-state index in [9.17, 15) is 0 Å². The van der Waals surface area contributed by atoms with E-state index in [-0.39, 0.29) is 0 Å². The molecule has 2 fully saturated rings. The highest BCUT2D eigenvalue weighted by atomic mass is 16.5. The second kappa shape index (κ2) is 6.35. The van der Waals surface area contributed by atoms with Crippen LogP contribution >= 0.6 is 0 Å². The number of fused-ring (bicyclic) bond motifs is 3. The largest absolute Gasteiger partial charge is 0.493 e. The summed E-state index contributed by atoms with van der Waals surface area (Å²) in [5, 5.41) is 0. The van der Waals surface area contributed by atoms with Gasteiger partial charge in [-0.15, -0.1) is 0 Å². The van der Waals surface area contributed by atoms with E-state index in [4.69, 9.17) is 9.47 Å². The first-order valence-corrected chi connectivity index (χ1v) is 9.29. The highest BCUT2D eigenvalue weighted by Gasteiger charge is 2.40. The number of ether oxygens (including phenoxy) is 2. The Balaban J connectivity index is 1.59. The van der Waals surface area contributed by atoms with Crippen molar-refractivity contribution in [3.8, 4) is 11.5 Å². The van der Waals surface area contributed by atoms with E-state index in [0.29, 0.717) is 6.04 Å². The van der Waals surface area contributed by atoms with Crippen LogP contribution in [0.1, 0.15) is 55.7 Å². The zero-order chi connectivity index (χ0) is 15.8. The lowest BCUT2D eigenvalue weighted by Gasteiger charge is -2.32. The quantitative estimate of drug-likeness (QED) is 0.834. The van der Waals surface area contributed by atoms with E-state index < -0.39 is 0 Å². The summed E-state index contributed by atoms with van der Waals surface area (Å²) in [6.45, 7) is 2.51. The molecule has 0 amide bonds. The van der Waals surface area contributed by atoms with Crippen molar-refractivity contribution in [2.24, 2.45) is 11.8 Å². The van der Waals surface area contributed by atoms with Crippen LogP contribution in [-0.2, 0) is 6.42 Å². The summed E-state index contributed by atoms with van der Waals surface area (Å²) in [5.41, 5.74) is 2.96. The van der Waals surface area contributed by atoms with Gasteiger partial charge in [0.2, 0.25) is 0 Å². The van der Waals surface area contributed by atoms with Gasteiger partial charge in [-0.05, 0) is 47.9 Å². The number of methoxy groups -OCH3 is 2. The maximum absolute atomic E-state index is 5.55. The molecule has 2 aliphatic heterocycles. The normalized spacial score (nSPS) is 28.3. The SMILES string of the molecule is COc1cc2c(cc1OC)[C@H]1C[C@@H](C3CCCCC3)CN1CC2. The molecule has 0 radical (unpaired) electrons. The van der Waals surface area contributed by atoms with Crippen LogP contribution in [0.4, 0.5) is 0 Å². The zero-order valence-electron chi connectivity index (χ0n) is 14.5. The molecule has 0 aromatic heterocycles. The van der Waals surface area contributed by atoms with Gasteiger partial charge in [-0.3, -0.25) is 4.90 Å². The number of hydrogen-bond donors (Lipinski definition) is 0. The average Bonchev–Trinajstić information content (AvgIpc) is 3.06. The molecule has 0 unspecified atom stereocenters. The van der Waals surface area contributed by atoms with Gasteiger partial charge in [-0.2, -0.15) is 0 Å². The van der Waals surface area contributed by atoms with Gasteiger partial charge in [0.15, 0.2) is 11.5 Å². The number of rotatable bonds is 3. The minimum Gasteiger partial charge on any atom is -0.493 e. The van der Waals surface area contributed by atoms with E-state index in [1.54, 1.807) is 14.2 Å². The molecule has 4 rings (SSSR count). The molecule has 1 saturated heterocycles. The van der Waals surface area contributed by atoms with Gasteiger partial charge in [0.25, 0.3) is 0 Å². The Kier molecular flexibility index (Phi) is 4.23. The first-order chi connectivity index (χ1) is 11.3. The van der Waals surface area contributed by atoms with E-state index in [0.717, 1.165) is 29.8 Å². The summed E-state index contributed by atoms with van der Waals surface area (Å²) in [5.74, 6) is 3.63. The molecule has 3 nitrogen and oxygen atoms in total. The van der Waals surface area contributed by atoms with Crippen molar-refractivity contribution in [2.75, 3.05) is 27.3 Å². The predicted molar refractivity (Wildman–Crippen MR) is 92.2 cm³/mol. The number of hydrogen-bond acceptors (Lipinski definition) is 3. The molecule has 1 aromatic carbocycles. The van der Waals surface area contributed by atoms with Crippen LogP contribution in [0, 0.1) is 11.8 Å². The van der Waals surface area contributed by atoms with Crippen LogP contribution in [0.3, 0.4) is 0 Å². The Labute approximate surface area is 140 Å². The minimum atomic E-state index is 0.602. The standard InChI is InChI=1S/C20H29NO2/c1-22-19-11-15-8-9-21-13-16(14-6-4-3-5-7-14)10-18(21)17(15)12-20(19)23-2/h11-12,14,16,18H,3-10,13H2,1-2H3/t16-,18-/m1/s1. The monoisotopic (exact) mass is 315 g/mol. The highest BCUT2D eigenvalue weighted by Crippen LogP contribution is 2.47. The third-order valence-corrected chi connectivity index (χ3v) is 6.43. The molecule has 1 aliphatic carbocycles. The minimum absolute atomic E-state index is 0.602. The molecule has 126 valence electrons. The second-order valence-corrected chi connectivity index (χ2v) is 7.56. The molecular weight excluding hydrogens is 286 g/mol. The molecule has 3 heteroatoms. The third-order valence-electron chi connectivity index (χ3n) is 6.43. The Morgan fingerprint density at radius 2 is 1.70 bits per heavy atom. The molecule has 0 bridgehead atoms. The van der Waals surface area contributed by atoms with Crippen molar-refractivity contribution in [3.63, 3.8) is 0 Å². The Morgan fingerprint density at radius 1 is 0.957 bits per heavy atom. The number of benzene rings is 1. The fraction of sp³-hybridized carbons (Fsp3) is 0.700. The summed E-state index contributed by atoms with van der Waals surface area (Å²) in [6.07, 6.45) is 9.77. The van der Waals surface area contributed by atoms with Gasteiger partial charge < -0.3 is 9.47 Å². The first-order valence-electron chi connectivity index (χ1n) is 9.29. The molecule has 0 spiro atoms. The Bertz CT molecular complexity index is 565. The first kappa shape index (κ1) is 15.3. The lowest BCUT2D eigenvalue weighted by molar-refractivity contribution is 0.219. The molecule has 2 atom stereocenters. The summed E-state index contributed by atoms with van der Waals surface area (Å²) in [6, 6.07) is 5.05. The lowest BCUT2D eigenvalue weighted by atomic mass is 9.78. The van der Waals surface area contributed by atoms with Crippen LogP contribution in [-0.4, -0.2) is 32.2 Å². The van der Waals surface area contributed by atoms with E-state index in [2.05, 4.69) is 17.0 Å². The van der Waals surface area contributed by atoms with Crippen molar-refractivity contribution in [2.45, 2.75) is 51.0 Å². The highest BCUT2D eigenvalue weighted by molar-refractivity contribution is 5.49. The second-order valence-electron chi connectivity index (χ2n) is 7.56. The average molecular weight is 315 g/mol. The van der Waals surface area contributed by atoms with Gasteiger partial charge in [-0.25, -0.2) is 0 Å². The van der Waals surface area contributed by atoms with Crippen molar-refractivity contribution < 1.29 is 9.47 Å². The van der Waals surface area contributed by atoms with Gasteiger partial charge in [0.1, 0.15) is 0 Å². The summed E-state index contributed by atoms with van der Waals surface area (Å²) >= 11 is 0. The smallest absolute Gasteiger partial charge is 0.161 e. The summed E-state index contributed by atoms with van der Waals surface area (Å²) in [7, 11) is 3.47. The fourth-order valence-electron chi connectivity index (χ4n) is 5.18. The molecule has 2 heterocycles. The summed E-state index contributed by atoms with van der Waals surface area (Å²) in [4.78, 5) is 2.73. The molecule has 0 N–H and O–H groups in total. The fourth-order valence-corrected chi connectivity index (χ4v) is 5.18. The molecule has 23 heavy (non-hydrogen) atoms. The van der Waals surface area contributed by atoms with Crippen LogP contribution in [0.2, 0.25) is 0 Å². The Morgan fingerprint density at radius 3 is 2.43 bits per heavy atom. The van der Waals surface area contributed by atoms with Gasteiger partial charge in [-0.1, -0.05) is 32.1 Å². The van der Waals surface area contributed by atoms with Crippen LogP contribution in [0.15, 0.2) is 12.1 Å². The molecule has 3 aliphatic rings. The van der Waals surface area contributed by atoms with E-state index in [1.807, 2.05) is 0 Å². The van der Waals surface area contributed by atoms with Crippen molar-refractivity contribution >= 4 is 0 Å². The maximum atomic E-state index is 5.55. The lowest BCUT2D eigenvalue weighted by Crippen LogP contribution is -2.32. The van der Waals surface area contributed by atoms with Gasteiger partial charge in [0.05, 0.1) is 14.2 Å². The van der Waals surface area contributed by atoms with Gasteiger partial charge in [0, 0.05) is 19.1 Å². The van der Waals surface area contributed by atoms with Crippen molar-refractivity contribution in [1.29, 1.82) is 0 Å². The summed E-state index contributed by atoms with van der Waals surface area (Å²) < 4.78 is 11.0. The van der Waals surface area contributed by atoms with Gasteiger partial charge >= 0.3 is 0 Å². The van der Waals surface area contributed by atoms with Crippen LogP contribution in [0.25, 0.3) is 0 Å². The molecular formula is C20H29NO2.